The number of halogens is 1. The van der Waals surface area contributed by atoms with E-state index in [4.69, 9.17) is 15.7 Å². The summed E-state index contributed by atoms with van der Waals surface area (Å²) in [6.07, 6.45) is 0.576. The van der Waals surface area contributed by atoms with Gasteiger partial charge in [0.2, 0.25) is 0 Å². The van der Waals surface area contributed by atoms with E-state index in [-0.39, 0.29) is 34.7 Å². The molecule has 0 spiro atoms. The Bertz CT molecular complexity index is 976. The fourth-order valence-corrected chi connectivity index (χ4v) is 4.06. The summed E-state index contributed by atoms with van der Waals surface area (Å²) >= 11 is 0. The molecule has 3 amide bonds. The van der Waals surface area contributed by atoms with Gasteiger partial charge in [0.05, 0.1) is 11.3 Å². The lowest BCUT2D eigenvalue weighted by Crippen LogP contribution is -2.44. The smallest absolute Gasteiger partial charge is 0.429 e. The van der Waals surface area contributed by atoms with E-state index in [1.54, 1.807) is 11.0 Å². The standard InChI is InChI=1S/C24H36FN5O5/c1-14(2)29(23(34)35-24(3,4)5)13-15-8-9-28(12-15)20-11-19(27-16-6-7-16)17(10-18(20)25)21(31)30(26)22(32)33/h10-11,14-16,27H,6-9,12-13,26H2,1-5H3,(H,32,33). The van der Waals surface area contributed by atoms with Gasteiger partial charge >= 0.3 is 12.2 Å². The van der Waals surface area contributed by atoms with Crippen LogP contribution < -0.4 is 16.1 Å². The molecule has 0 bridgehead atoms. The summed E-state index contributed by atoms with van der Waals surface area (Å²) in [7, 11) is 0. The van der Waals surface area contributed by atoms with Crippen molar-refractivity contribution in [1.82, 2.24) is 9.91 Å². The first-order valence-corrected chi connectivity index (χ1v) is 11.9. The minimum atomic E-state index is -1.63. The lowest BCUT2D eigenvalue weighted by atomic mass is 10.1. The molecule has 1 saturated heterocycles. The van der Waals surface area contributed by atoms with E-state index in [0.29, 0.717) is 31.0 Å². The number of benzene rings is 1. The van der Waals surface area contributed by atoms with Crippen molar-refractivity contribution in [2.24, 2.45) is 11.8 Å². The first-order valence-electron chi connectivity index (χ1n) is 11.9. The highest BCUT2D eigenvalue weighted by molar-refractivity contribution is 6.06. The molecule has 1 aromatic carbocycles. The van der Waals surface area contributed by atoms with Gasteiger partial charge in [0.25, 0.3) is 5.91 Å². The van der Waals surface area contributed by atoms with Crippen LogP contribution in [0.2, 0.25) is 0 Å². The van der Waals surface area contributed by atoms with Crippen molar-refractivity contribution in [3.63, 3.8) is 0 Å². The van der Waals surface area contributed by atoms with Crippen LogP contribution in [0.15, 0.2) is 12.1 Å². The first kappa shape index (κ1) is 26.5. The number of hydrogen-bond acceptors (Lipinski definition) is 7. The molecule has 0 aromatic heterocycles. The normalized spacial score (nSPS) is 17.9. The van der Waals surface area contributed by atoms with Gasteiger partial charge in [0, 0.05) is 37.4 Å². The molecule has 194 valence electrons. The van der Waals surface area contributed by atoms with Gasteiger partial charge < -0.3 is 25.0 Å². The molecule has 11 heteroatoms. The highest BCUT2D eigenvalue weighted by Crippen LogP contribution is 2.35. The van der Waals surface area contributed by atoms with Crippen LogP contribution in [0, 0.1) is 11.7 Å². The number of nitrogens with one attached hydrogen (secondary N) is 1. The second-order valence-corrected chi connectivity index (χ2v) is 10.6. The average molecular weight is 494 g/mol. The van der Waals surface area contributed by atoms with Crippen molar-refractivity contribution in [2.45, 2.75) is 71.6 Å². The zero-order valence-electron chi connectivity index (χ0n) is 21.0. The van der Waals surface area contributed by atoms with Crippen LogP contribution in [-0.2, 0) is 4.74 Å². The van der Waals surface area contributed by atoms with Gasteiger partial charge in [-0.25, -0.2) is 19.8 Å². The highest BCUT2D eigenvalue weighted by atomic mass is 19.1. The third-order valence-corrected chi connectivity index (χ3v) is 6.01. The third kappa shape index (κ3) is 6.74. The first-order chi connectivity index (χ1) is 16.3. The second-order valence-electron chi connectivity index (χ2n) is 10.6. The molecular formula is C24H36FN5O5. The number of ether oxygens (including phenoxy) is 1. The summed E-state index contributed by atoms with van der Waals surface area (Å²) < 4.78 is 20.7. The van der Waals surface area contributed by atoms with Gasteiger partial charge in [-0.3, -0.25) is 4.79 Å². The van der Waals surface area contributed by atoms with Crippen LogP contribution in [0.25, 0.3) is 0 Å². The Morgan fingerprint density at radius 1 is 1.26 bits per heavy atom. The summed E-state index contributed by atoms with van der Waals surface area (Å²) in [6.45, 7) is 10.9. The van der Waals surface area contributed by atoms with Gasteiger partial charge in [0.1, 0.15) is 11.4 Å². The predicted octanol–water partition coefficient (Wildman–Crippen LogP) is 3.87. The lowest BCUT2D eigenvalue weighted by Gasteiger charge is -2.32. The van der Waals surface area contributed by atoms with Gasteiger partial charge in [-0.2, -0.15) is 5.01 Å². The van der Waals surface area contributed by atoms with E-state index in [0.717, 1.165) is 25.3 Å². The Kier molecular flexibility index (Phi) is 7.78. The van der Waals surface area contributed by atoms with Crippen LogP contribution in [0.5, 0.6) is 0 Å². The van der Waals surface area contributed by atoms with Crippen LogP contribution in [0.1, 0.15) is 64.2 Å². The summed E-state index contributed by atoms with van der Waals surface area (Å²) in [5.41, 5.74) is -0.0559. The maximum absolute atomic E-state index is 15.2. The van der Waals surface area contributed by atoms with E-state index in [9.17, 15) is 14.4 Å². The number of carboxylic acid groups (broad SMARTS) is 1. The Morgan fingerprint density at radius 2 is 1.91 bits per heavy atom. The van der Waals surface area contributed by atoms with Crippen molar-refractivity contribution in [3.8, 4) is 0 Å². The molecule has 1 saturated carbocycles. The number of rotatable bonds is 7. The van der Waals surface area contributed by atoms with Crippen LogP contribution in [0.3, 0.4) is 0 Å². The van der Waals surface area contributed by atoms with Crippen LogP contribution in [-0.4, -0.2) is 70.4 Å². The maximum Gasteiger partial charge on any atom is 0.429 e. The van der Waals surface area contributed by atoms with Gasteiger partial charge in [0.15, 0.2) is 0 Å². The van der Waals surface area contributed by atoms with Gasteiger partial charge in [-0.05, 0) is 71.9 Å². The minimum absolute atomic E-state index is 0.0512. The van der Waals surface area contributed by atoms with Crippen molar-refractivity contribution in [2.75, 3.05) is 29.9 Å². The van der Waals surface area contributed by atoms with Crippen molar-refractivity contribution in [3.05, 3.63) is 23.5 Å². The fourth-order valence-electron chi connectivity index (χ4n) is 4.06. The quantitative estimate of drug-likeness (QED) is 0.297. The van der Waals surface area contributed by atoms with Crippen LogP contribution in [0.4, 0.5) is 25.4 Å². The summed E-state index contributed by atoms with van der Waals surface area (Å²) in [4.78, 5) is 39.9. The van der Waals surface area contributed by atoms with Crippen LogP contribution >= 0.6 is 0 Å². The fraction of sp³-hybridized carbons (Fsp3) is 0.625. The molecule has 35 heavy (non-hydrogen) atoms. The molecule has 1 atom stereocenters. The Hall–Kier alpha value is -3.08. The van der Waals surface area contributed by atoms with Gasteiger partial charge in [-0.15, -0.1) is 0 Å². The van der Waals surface area contributed by atoms with E-state index < -0.39 is 23.4 Å². The van der Waals surface area contributed by atoms with Crippen molar-refractivity contribution >= 4 is 29.5 Å². The highest BCUT2D eigenvalue weighted by Gasteiger charge is 2.33. The number of nitrogens with two attached hydrogens (primary N) is 1. The number of carbonyl (C=O) groups is 3. The molecular weight excluding hydrogens is 457 g/mol. The zero-order chi connectivity index (χ0) is 26.1. The van der Waals surface area contributed by atoms with E-state index in [1.165, 1.54) is 0 Å². The molecule has 0 radical (unpaired) electrons. The molecule has 1 aromatic rings. The number of imide groups is 1. The lowest BCUT2D eigenvalue weighted by molar-refractivity contribution is 0.0162. The molecule has 1 aliphatic heterocycles. The molecule has 1 unspecified atom stereocenters. The number of hydrogen-bond donors (Lipinski definition) is 3. The molecule has 10 nitrogen and oxygen atoms in total. The largest absolute Gasteiger partial charge is 0.464 e. The van der Waals surface area contributed by atoms with Crippen molar-refractivity contribution < 1.29 is 28.6 Å². The van der Waals surface area contributed by atoms with E-state index in [2.05, 4.69) is 5.32 Å². The predicted molar refractivity (Wildman–Crippen MR) is 130 cm³/mol. The Balaban J connectivity index is 1.78. The number of carbonyl (C=O) groups excluding carboxylic acids is 2. The monoisotopic (exact) mass is 493 g/mol. The molecule has 1 aliphatic carbocycles. The van der Waals surface area contributed by atoms with Crippen molar-refractivity contribution in [1.29, 1.82) is 0 Å². The summed E-state index contributed by atoms with van der Waals surface area (Å²) in [6, 6.07) is 2.69. The number of hydrazine groups is 1. The molecule has 3 rings (SSSR count). The van der Waals surface area contributed by atoms with E-state index in [1.807, 2.05) is 39.5 Å². The summed E-state index contributed by atoms with van der Waals surface area (Å²) in [5, 5.41) is 12.3. The number of amides is 3. The SMILES string of the molecule is CC(C)N(CC1CCN(c2cc(NC3CC3)c(C(=O)N(N)C(=O)O)cc2F)C1)C(=O)OC(C)(C)C. The Labute approximate surface area is 205 Å². The third-order valence-electron chi connectivity index (χ3n) is 6.01. The topological polar surface area (TPSA) is 128 Å². The summed E-state index contributed by atoms with van der Waals surface area (Å²) in [5.74, 6) is 3.82. The molecule has 2 aliphatic rings. The number of nitrogens with zero attached hydrogens (tertiary/aromatic N) is 3. The Morgan fingerprint density at radius 3 is 2.46 bits per heavy atom. The minimum Gasteiger partial charge on any atom is -0.464 e. The molecule has 2 fully saturated rings. The van der Waals surface area contributed by atoms with Gasteiger partial charge in [-0.1, -0.05) is 0 Å². The zero-order valence-corrected chi connectivity index (χ0v) is 21.0. The molecule has 1 heterocycles. The van der Waals surface area contributed by atoms with E-state index >= 15 is 4.39 Å². The average Bonchev–Trinajstić information content (AvgIpc) is 3.44. The second kappa shape index (κ2) is 10.3. The number of anilines is 2. The molecule has 4 N–H and O–H groups in total. The maximum atomic E-state index is 15.2.